The molecule has 2 aromatic rings. The fourth-order valence-corrected chi connectivity index (χ4v) is 2.13. The van der Waals surface area contributed by atoms with Gasteiger partial charge in [-0.25, -0.2) is 9.82 Å². The molecule has 0 saturated heterocycles. The van der Waals surface area contributed by atoms with E-state index in [1.807, 2.05) is 0 Å². The first kappa shape index (κ1) is 15.4. The third-order valence-corrected chi connectivity index (χ3v) is 3.03. The fourth-order valence-electron chi connectivity index (χ4n) is 2.13. The van der Waals surface area contributed by atoms with Gasteiger partial charge in [-0.3, -0.25) is 10.8 Å². The number of hydrazine groups is 1. The molecule has 3 nitrogen and oxygen atoms in total. The van der Waals surface area contributed by atoms with Crippen molar-refractivity contribution in [2.75, 3.05) is 0 Å². The Labute approximate surface area is 118 Å². The van der Waals surface area contributed by atoms with Crippen LogP contribution in [0.25, 0.3) is 0 Å². The molecule has 0 aliphatic carbocycles. The number of halogens is 4. The number of pyridine rings is 1. The number of hydrogen-bond donors (Lipinski definition) is 2. The van der Waals surface area contributed by atoms with Crippen molar-refractivity contribution in [3.8, 4) is 0 Å². The summed E-state index contributed by atoms with van der Waals surface area (Å²) in [5.74, 6) is 4.62. The predicted octanol–water partition coefficient (Wildman–Crippen LogP) is 3.10. The van der Waals surface area contributed by atoms with Gasteiger partial charge in [-0.2, -0.15) is 13.2 Å². The number of nitrogens with one attached hydrogen (secondary N) is 1. The molecule has 3 N–H and O–H groups in total. The Bertz CT molecular complexity index is 640. The molecule has 1 aromatic carbocycles. The zero-order valence-corrected chi connectivity index (χ0v) is 11.1. The number of benzene rings is 1. The van der Waals surface area contributed by atoms with Crippen LogP contribution in [0.2, 0.25) is 0 Å². The molecule has 0 saturated carbocycles. The van der Waals surface area contributed by atoms with Gasteiger partial charge in [-0.05, 0) is 41.8 Å². The van der Waals surface area contributed by atoms with Crippen molar-refractivity contribution in [2.45, 2.75) is 19.1 Å². The van der Waals surface area contributed by atoms with Gasteiger partial charge in [0.05, 0.1) is 11.6 Å². The zero-order valence-electron chi connectivity index (χ0n) is 11.1. The first-order valence-corrected chi connectivity index (χ1v) is 6.07. The van der Waals surface area contributed by atoms with E-state index in [0.717, 1.165) is 17.7 Å². The second-order valence-corrected chi connectivity index (χ2v) is 4.62. The van der Waals surface area contributed by atoms with Crippen LogP contribution in [0.4, 0.5) is 17.6 Å². The van der Waals surface area contributed by atoms with Gasteiger partial charge in [0.2, 0.25) is 0 Å². The number of nitrogens with zero attached hydrogens (tertiary/aromatic N) is 1. The minimum Gasteiger partial charge on any atom is -0.271 e. The van der Waals surface area contributed by atoms with Crippen molar-refractivity contribution >= 4 is 0 Å². The third kappa shape index (κ3) is 3.37. The van der Waals surface area contributed by atoms with Crippen molar-refractivity contribution < 1.29 is 17.6 Å². The SMILES string of the molecule is Cc1cncc(C(NN)c2cc(F)ccc2C(F)(F)F)c1. The summed E-state index contributed by atoms with van der Waals surface area (Å²) in [5, 5.41) is 0. The molecule has 1 aromatic heterocycles. The van der Waals surface area contributed by atoms with Crippen LogP contribution in [0.5, 0.6) is 0 Å². The Hall–Kier alpha value is -1.99. The first-order valence-electron chi connectivity index (χ1n) is 6.07. The Morgan fingerprint density at radius 3 is 2.48 bits per heavy atom. The molecule has 2 rings (SSSR count). The standard InChI is InChI=1S/C14H13F4N3/c1-8-4-9(7-20-6-8)13(21-19)11-5-10(15)2-3-12(11)14(16,17)18/h2-7,13,21H,19H2,1H3. The lowest BCUT2D eigenvalue weighted by Crippen LogP contribution is -2.31. The Morgan fingerprint density at radius 1 is 1.19 bits per heavy atom. The van der Waals surface area contributed by atoms with Crippen LogP contribution < -0.4 is 11.3 Å². The number of aryl methyl sites for hydroxylation is 1. The van der Waals surface area contributed by atoms with Gasteiger partial charge in [-0.1, -0.05) is 6.07 Å². The Morgan fingerprint density at radius 2 is 1.90 bits per heavy atom. The minimum absolute atomic E-state index is 0.280. The molecular formula is C14H13F4N3. The largest absolute Gasteiger partial charge is 0.416 e. The van der Waals surface area contributed by atoms with Gasteiger partial charge in [0.25, 0.3) is 0 Å². The third-order valence-electron chi connectivity index (χ3n) is 3.03. The van der Waals surface area contributed by atoms with E-state index in [2.05, 4.69) is 10.4 Å². The average molecular weight is 299 g/mol. The summed E-state index contributed by atoms with van der Waals surface area (Å²) in [5.41, 5.74) is 2.26. The maximum atomic E-state index is 13.4. The molecule has 0 fully saturated rings. The maximum Gasteiger partial charge on any atom is 0.416 e. The van der Waals surface area contributed by atoms with E-state index in [4.69, 9.17) is 5.84 Å². The van der Waals surface area contributed by atoms with E-state index in [0.29, 0.717) is 11.6 Å². The summed E-state index contributed by atoms with van der Waals surface area (Å²) in [6.07, 6.45) is -1.65. The summed E-state index contributed by atoms with van der Waals surface area (Å²) < 4.78 is 52.6. The second-order valence-electron chi connectivity index (χ2n) is 4.62. The fraction of sp³-hybridized carbons (Fsp3) is 0.214. The number of rotatable bonds is 3. The predicted molar refractivity (Wildman–Crippen MR) is 69.5 cm³/mol. The quantitative estimate of drug-likeness (QED) is 0.520. The lowest BCUT2D eigenvalue weighted by molar-refractivity contribution is -0.138. The highest BCUT2D eigenvalue weighted by atomic mass is 19.4. The number of aromatic nitrogens is 1. The second kappa shape index (κ2) is 5.79. The summed E-state index contributed by atoms with van der Waals surface area (Å²) in [6, 6.07) is 2.94. The highest BCUT2D eigenvalue weighted by Crippen LogP contribution is 2.36. The highest BCUT2D eigenvalue weighted by Gasteiger charge is 2.35. The van der Waals surface area contributed by atoms with E-state index in [1.165, 1.54) is 6.20 Å². The average Bonchev–Trinajstić information content (AvgIpc) is 2.38. The molecule has 0 radical (unpaired) electrons. The summed E-state index contributed by atoms with van der Waals surface area (Å²) in [6.45, 7) is 1.75. The first-order chi connectivity index (χ1) is 9.82. The molecule has 0 aliphatic rings. The molecule has 1 atom stereocenters. The molecular weight excluding hydrogens is 286 g/mol. The van der Waals surface area contributed by atoms with Crippen LogP contribution in [0.15, 0.2) is 36.7 Å². The molecule has 0 aliphatic heterocycles. The van der Waals surface area contributed by atoms with Crippen LogP contribution in [0, 0.1) is 12.7 Å². The summed E-state index contributed by atoms with van der Waals surface area (Å²) in [4.78, 5) is 3.92. The lowest BCUT2D eigenvalue weighted by atomic mass is 9.94. The lowest BCUT2D eigenvalue weighted by Gasteiger charge is -2.21. The van der Waals surface area contributed by atoms with Crippen LogP contribution in [0.3, 0.4) is 0 Å². The van der Waals surface area contributed by atoms with Crippen molar-refractivity contribution in [3.63, 3.8) is 0 Å². The highest BCUT2D eigenvalue weighted by molar-refractivity contribution is 5.39. The maximum absolute atomic E-state index is 13.4. The molecule has 0 bridgehead atoms. The molecule has 1 heterocycles. The minimum atomic E-state index is -4.60. The van der Waals surface area contributed by atoms with Crippen molar-refractivity contribution in [3.05, 3.63) is 64.7 Å². The number of alkyl halides is 3. The Balaban J connectivity index is 2.59. The van der Waals surface area contributed by atoms with Crippen LogP contribution >= 0.6 is 0 Å². The van der Waals surface area contributed by atoms with Crippen molar-refractivity contribution in [1.29, 1.82) is 0 Å². The van der Waals surface area contributed by atoms with Gasteiger partial charge in [0, 0.05) is 12.4 Å². The van der Waals surface area contributed by atoms with E-state index >= 15 is 0 Å². The van der Waals surface area contributed by atoms with Crippen molar-refractivity contribution in [2.24, 2.45) is 5.84 Å². The van der Waals surface area contributed by atoms with Crippen LogP contribution in [-0.2, 0) is 6.18 Å². The molecule has 112 valence electrons. The van der Waals surface area contributed by atoms with E-state index < -0.39 is 23.6 Å². The number of nitrogens with two attached hydrogens (primary N) is 1. The van der Waals surface area contributed by atoms with E-state index in [9.17, 15) is 17.6 Å². The van der Waals surface area contributed by atoms with Gasteiger partial charge < -0.3 is 0 Å². The van der Waals surface area contributed by atoms with Gasteiger partial charge in [0.15, 0.2) is 0 Å². The van der Waals surface area contributed by atoms with Crippen LogP contribution in [0.1, 0.15) is 28.3 Å². The van der Waals surface area contributed by atoms with Crippen molar-refractivity contribution in [1.82, 2.24) is 10.4 Å². The molecule has 7 heteroatoms. The van der Waals surface area contributed by atoms with E-state index in [-0.39, 0.29) is 5.56 Å². The smallest absolute Gasteiger partial charge is 0.271 e. The van der Waals surface area contributed by atoms with Gasteiger partial charge in [-0.15, -0.1) is 0 Å². The normalized spacial score (nSPS) is 13.2. The number of hydrogen-bond acceptors (Lipinski definition) is 3. The molecule has 0 amide bonds. The van der Waals surface area contributed by atoms with Gasteiger partial charge in [0.1, 0.15) is 5.82 Å². The van der Waals surface area contributed by atoms with Crippen LogP contribution in [-0.4, -0.2) is 4.98 Å². The summed E-state index contributed by atoms with van der Waals surface area (Å²) >= 11 is 0. The monoisotopic (exact) mass is 299 g/mol. The van der Waals surface area contributed by atoms with Gasteiger partial charge >= 0.3 is 6.18 Å². The Kier molecular flexibility index (Phi) is 4.24. The zero-order chi connectivity index (χ0) is 15.6. The molecule has 21 heavy (non-hydrogen) atoms. The molecule has 0 spiro atoms. The topological polar surface area (TPSA) is 50.9 Å². The summed E-state index contributed by atoms with van der Waals surface area (Å²) in [7, 11) is 0. The molecule has 1 unspecified atom stereocenters. The van der Waals surface area contributed by atoms with E-state index in [1.54, 1.807) is 19.2 Å².